The molecule has 0 spiro atoms. The molecule has 1 aliphatic rings. The van der Waals surface area contributed by atoms with Crippen molar-refractivity contribution in [3.63, 3.8) is 0 Å². The average Bonchev–Trinajstić information content (AvgIpc) is 2.65. The Balaban J connectivity index is 1.79. The monoisotopic (exact) mass is 224 g/mol. The number of hydrogen-bond acceptors (Lipinski definition) is 5. The molecule has 1 aromatic heterocycles. The minimum absolute atomic E-state index is 0.0574. The lowest BCUT2D eigenvalue weighted by molar-refractivity contribution is -0.117. The van der Waals surface area contributed by atoms with Gasteiger partial charge in [-0.3, -0.25) is 15.0 Å². The molecule has 0 radical (unpaired) electrons. The van der Waals surface area contributed by atoms with Crippen molar-refractivity contribution >= 4 is 11.8 Å². The van der Waals surface area contributed by atoms with Gasteiger partial charge in [-0.15, -0.1) is 0 Å². The van der Waals surface area contributed by atoms with E-state index in [1.165, 1.54) is 0 Å². The number of carbonyl (C=O) groups excluding carboxylic acids is 1. The van der Waals surface area contributed by atoms with E-state index < -0.39 is 0 Å². The third-order valence-corrected chi connectivity index (χ3v) is 2.47. The molecule has 6 heteroatoms. The first kappa shape index (κ1) is 11.1. The summed E-state index contributed by atoms with van der Waals surface area (Å²) in [6.45, 7) is 5.91. The van der Waals surface area contributed by atoms with E-state index in [1.54, 1.807) is 6.07 Å². The molecular formula is C10H16N4O2. The molecule has 1 aromatic rings. The highest BCUT2D eigenvalue weighted by Gasteiger charge is 2.14. The maximum absolute atomic E-state index is 11.6. The highest BCUT2D eigenvalue weighted by Crippen LogP contribution is 2.08. The molecule has 16 heavy (non-hydrogen) atoms. The van der Waals surface area contributed by atoms with Crippen LogP contribution in [0.15, 0.2) is 10.6 Å². The van der Waals surface area contributed by atoms with Crippen LogP contribution in [0.1, 0.15) is 5.69 Å². The van der Waals surface area contributed by atoms with Crippen LogP contribution in [0.5, 0.6) is 0 Å². The van der Waals surface area contributed by atoms with E-state index in [0.717, 1.165) is 31.9 Å². The standard InChI is InChI=1S/C10H16N4O2/c1-8-6-10(16-13-8)12-9(15)7-14-4-2-11-3-5-14/h6,11H,2-5,7H2,1H3,(H,12,15). The van der Waals surface area contributed by atoms with Crippen molar-refractivity contribution in [3.8, 4) is 0 Å². The molecule has 1 amide bonds. The zero-order valence-electron chi connectivity index (χ0n) is 9.32. The normalized spacial score (nSPS) is 17.3. The molecular weight excluding hydrogens is 208 g/mol. The summed E-state index contributed by atoms with van der Waals surface area (Å²) in [5.74, 6) is 0.357. The van der Waals surface area contributed by atoms with Gasteiger partial charge in [-0.25, -0.2) is 0 Å². The number of hydrogen-bond donors (Lipinski definition) is 2. The van der Waals surface area contributed by atoms with E-state index in [-0.39, 0.29) is 5.91 Å². The van der Waals surface area contributed by atoms with Crippen LogP contribution in [0.25, 0.3) is 0 Å². The van der Waals surface area contributed by atoms with Gasteiger partial charge in [0, 0.05) is 32.2 Å². The number of aryl methyl sites for hydroxylation is 1. The summed E-state index contributed by atoms with van der Waals surface area (Å²) in [4.78, 5) is 13.7. The summed E-state index contributed by atoms with van der Waals surface area (Å²) in [6.07, 6.45) is 0. The highest BCUT2D eigenvalue weighted by atomic mass is 16.5. The van der Waals surface area contributed by atoms with Gasteiger partial charge in [0.1, 0.15) is 0 Å². The number of aromatic nitrogens is 1. The van der Waals surface area contributed by atoms with E-state index in [1.807, 2.05) is 6.92 Å². The average molecular weight is 224 g/mol. The third-order valence-electron chi connectivity index (χ3n) is 2.47. The molecule has 0 saturated carbocycles. The van der Waals surface area contributed by atoms with Crippen LogP contribution in [0.3, 0.4) is 0 Å². The van der Waals surface area contributed by atoms with Gasteiger partial charge < -0.3 is 9.84 Å². The Labute approximate surface area is 94.0 Å². The number of amides is 1. The van der Waals surface area contributed by atoms with Gasteiger partial charge in [0.05, 0.1) is 12.2 Å². The van der Waals surface area contributed by atoms with E-state index in [9.17, 15) is 4.79 Å². The van der Waals surface area contributed by atoms with E-state index in [0.29, 0.717) is 12.4 Å². The summed E-state index contributed by atoms with van der Waals surface area (Å²) in [5.41, 5.74) is 0.762. The molecule has 0 atom stereocenters. The van der Waals surface area contributed by atoms with Crippen LogP contribution >= 0.6 is 0 Å². The van der Waals surface area contributed by atoms with E-state index >= 15 is 0 Å². The maximum atomic E-state index is 11.6. The lowest BCUT2D eigenvalue weighted by Crippen LogP contribution is -2.46. The highest BCUT2D eigenvalue weighted by molar-refractivity contribution is 5.90. The molecule has 2 rings (SSSR count). The minimum Gasteiger partial charge on any atom is -0.338 e. The number of carbonyl (C=O) groups is 1. The van der Waals surface area contributed by atoms with Crippen molar-refractivity contribution in [3.05, 3.63) is 11.8 Å². The Kier molecular flexibility index (Phi) is 3.53. The lowest BCUT2D eigenvalue weighted by Gasteiger charge is -2.26. The number of rotatable bonds is 3. The number of nitrogens with one attached hydrogen (secondary N) is 2. The summed E-state index contributed by atoms with van der Waals surface area (Å²) < 4.78 is 4.91. The van der Waals surface area contributed by atoms with Crippen LogP contribution in [-0.2, 0) is 4.79 Å². The first-order chi connectivity index (χ1) is 7.74. The maximum Gasteiger partial charge on any atom is 0.240 e. The molecule has 6 nitrogen and oxygen atoms in total. The first-order valence-corrected chi connectivity index (χ1v) is 5.40. The van der Waals surface area contributed by atoms with Gasteiger partial charge in [-0.2, -0.15) is 0 Å². The first-order valence-electron chi connectivity index (χ1n) is 5.40. The van der Waals surface area contributed by atoms with Crippen molar-refractivity contribution < 1.29 is 9.32 Å². The fraction of sp³-hybridized carbons (Fsp3) is 0.600. The third kappa shape index (κ3) is 3.04. The molecule has 88 valence electrons. The second kappa shape index (κ2) is 5.09. The van der Waals surface area contributed by atoms with Crippen LogP contribution in [0.2, 0.25) is 0 Å². The molecule has 0 aliphatic carbocycles. The Hall–Kier alpha value is -1.40. The van der Waals surface area contributed by atoms with Crippen LogP contribution in [0, 0.1) is 6.92 Å². The second-order valence-corrected chi connectivity index (χ2v) is 3.91. The molecule has 0 unspecified atom stereocenters. The van der Waals surface area contributed by atoms with Crippen molar-refractivity contribution in [2.75, 3.05) is 38.0 Å². The molecule has 0 bridgehead atoms. The summed E-state index contributed by atoms with van der Waals surface area (Å²) in [7, 11) is 0. The van der Waals surface area contributed by atoms with Gasteiger partial charge in [-0.05, 0) is 6.92 Å². The number of piperazine rings is 1. The van der Waals surface area contributed by atoms with Gasteiger partial charge >= 0.3 is 0 Å². The van der Waals surface area contributed by atoms with Crippen LogP contribution in [-0.4, -0.2) is 48.7 Å². The molecule has 2 N–H and O–H groups in total. The van der Waals surface area contributed by atoms with Crippen molar-refractivity contribution in [2.24, 2.45) is 0 Å². The SMILES string of the molecule is Cc1cc(NC(=O)CN2CCNCC2)on1. The van der Waals surface area contributed by atoms with E-state index in [2.05, 4.69) is 20.7 Å². The minimum atomic E-state index is -0.0574. The van der Waals surface area contributed by atoms with Gasteiger partial charge in [0.25, 0.3) is 0 Å². The smallest absolute Gasteiger partial charge is 0.240 e. The Morgan fingerprint density at radius 2 is 2.38 bits per heavy atom. The molecule has 1 saturated heterocycles. The predicted octanol–water partition coefficient (Wildman–Crippen LogP) is -0.173. The van der Waals surface area contributed by atoms with Gasteiger partial charge in [0.15, 0.2) is 0 Å². The fourth-order valence-electron chi connectivity index (χ4n) is 1.67. The number of nitrogens with zero attached hydrogens (tertiary/aromatic N) is 2. The van der Waals surface area contributed by atoms with Crippen molar-refractivity contribution in [1.29, 1.82) is 0 Å². The molecule has 1 aliphatic heterocycles. The van der Waals surface area contributed by atoms with Crippen molar-refractivity contribution in [2.45, 2.75) is 6.92 Å². The zero-order valence-corrected chi connectivity index (χ0v) is 9.32. The summed E-state index contributed by atoms with van der Waals surface area (Å²) in [6, 6.07) is 1.70. The molecule has 0 aromatic carbocycles. The Morgan fingerprint density at radius 3 is 3.00 bits per heavy atom. The second-order valence-electron chi connectivity index (χ2n) is 3.91. The number of anilines is 1. The van der Waals surface area contributed by atoms with Crippen LogP contribution in [0.4, 0.5) is 5.88 Å². The van der Waals surface area contributed by atoms with Crippen LogP contribution < -0.4 is 10.6 Å². The Bertz CT molecular complexity index is 357. The summed E-state index contributed by atoms with van der Waals surface area (Å²) in [5, 5.41) is 9.62. The lowest BCUT2D eigenvalue weighted by atomic mass is 10.3. The predicted molar refractivity (Wildman–Crippen MR) is 59.2 cm³/mol. The van der Waals surface area contributed by atoms with Gasteiger partial charge in [-0.1, -0.05) is 5.16 Å². The fourth-order valence-corrected chi connectivity index (χ4v) is 1.67. The topological polar surface area (TPSA) is 70.4 Å². The van der Waals surface area contributed by atoms with Gasteiger partial charge in [0.2, 0.25) is 11.8 Å². The molecule has 2 heterocycles. The molecule has 1 fully saturated rings. The quantitative estimate of drug-likeness (QED) is 0.745. The Morgan fingerprint density at radius 1 is 1.62 bits per heavy atom. The zero-order chi connectivity index (χ0) is 11.4. The largest absolute Gasteiger partial charge is 0.338 e. The van der Waals surface area contributed by atoms with E-state index in [4.69, 9.17) is 4.52 Å². The summed E-state index contributed by atoms with van der Waals surface area (Å²) >= 11 is 0. The van der Waals surface area contributed by atoms with Crippen molar-refractivity contribution in [1.82, 2.24) is 15.4 Å².